The van der Waals surface area contributed by atoms with E-state index in [2.05, 4.69) is 0 Å². The van der Waals surface area contributed by atoms with E-state index >= 15 is 0 Å². The van der Waals surface area contributed by atoms with Crippen molar-refractivity contribution in [2.45, 2.75) is 51.1 Å². The Morgan fingerprint density at radius 2 is 1.57 bits per heavy atom. The minimum absolute atomic E-state index is 0.257. The maximum Gasteiger partial charge on any atom is 0.210 e. The van der Waals surface area contributed by atoms with Gasteiger partial charge in [0, 0.05) is 42.9 Å². The molecule has 4 aliphatic heterocycles. The Hall–Kier alpha value is -1.46. The molecular weight excluding hydrogens is 296 g/mol. The molecular formula is C18H22O5. The van der Waals surface area contributed by atoms with Crippen molar-refractivity contribution in [1.29, 1.82) is 0 Å². The highest BCUT2D eigenvalue weighted by molar-refractivity contribution is 5.59. The van der Waals surface area contributed by atoms with Crippen molar-refractivity contribution in [1.82, 2.24) is 0 Å². The Bertz CT molecular complexity index is 686. The van der Waals surface area contributed by atoms with Crippen LogP contribution in [0.2, 0.25) is 0 Å². The molecule has 5 nitrogen and oxygen atoms in total. The fourth-order valence-electron chi connectivity index (χ4n) is 4.60. The monoisotopic (exact) mass is 318 g/mol. The summed E-state index contributed by atoms with van der Waals surface area (Å²) in [4.78, 5) is 0. The molecule has 0 amide bonds. The van der Waals surface area contributed by atoms with E-state index in [1.807, 2.05) is 13.8 Å². The van der Waals surface area contributed by atoms with Gasteiger partial charge in [-0.3, -0.25) is 0 Å². The Balaban J connectivity index is 1.63. The summed E-state index contributed by atoms with van der Waals surface area (Å²) in [5.41, 5.74) is 1.96. The first-order valence-electron chi connectivity index (χ1n) is 8.52. The van der Waals surface area contributed by atoms with E-state index in [4.69, 9.17) is 18.9 Å². The van der Waals surface area contributed by atoms with Gasteiger partial charge in [0.2, 0.25) is 11.6 Å². The lowest BCUT2D eigenvalue weighted by molar-refractivity contribution is -0.173. The molecule has 0 unspecified atom stereocenters. The van der Waals surface area contributed by atoms with Crippen LogP contribution in [0.15, 0.2) is 6.07 Å². The number of phenolic OH excluding ortho intramolecular Hbond substituents is 1. The second kappa shape index (κ2) is 4.33. The van der Waals surface area contributed by atoms with Crippen LogP contribution < -0.4 is 9.47 Å². The average Bonchev–Trinajstić information content (AvgIpc) is 3.05. The number of hydrogen-bond acceptors (Lipinski definition) is 5. The minimum Gasteiger partial charge on any atom is -0.507 e. The Kier molecular flexibility index (Phi) is 2.63. The molecule has 124 valence electrons. The molecule has 2 fully saturated rings. The zero-order chi connectivity index (χ0) is 15.8. The molecule has 0 radical (unpaired) electrons. The highest BCUT2D eigenvalue weighted by atomic mass is 16.7. The zero-order valence-electron chi connectivity index (χ0n) is 13.6. The molecule has 2 saturated heterocycles. The smallest absolute Gasteiger partial charge is 0.210 e. The predicted molar refractivity (Wildman–Crippen MR) is 81.7 cm³/mol. The minimum atomic E-state index is -0.585. The van der Waals surface area contributed by atoms with E-state index in [1.165, 1.54) is 0 Å². The van der Waals surface area contributed by atoms with Gasteiger partial charge in [0.05, 0.1) is 13.2 Å². The van der Waals surface area contributed by atoms with Gasteiger partial charge in [-0.15, -0.1) is 0 Å². The summed E-state index contributed by atoms with van der Waals surface area (Å²) in [6.45, 7) is 5.43. The van der Waals surface area contributed by atoms with Crippen molar-refractivity contribution in [3.63, 3.8) is 0 Å². The summed E-state index contributed by atoms with van der Waals surface area (Å²) < 4.78 is 24.1. The predicted octanol–water partition coefficient (Wildman–Crippen LogP) is 2.77. The molecule has 4 heterocycles. The number of rotatable bonds is 0. The molecule has 1 aromatic carbocycles. The molecule has 1 N–H and O–H groups in total. The van der Waals surface area contributed by atoms with Gasteiger partial charge in [-0.1, -0.05) is 0 Å². The molecule has 0 aliphatic carbocycles. The third kappa shape index (κ3) is 1.81. The SMILES string of the molecule is C[C@@]12OCC[C@@H]1Cc1c(O)cc3c(c1O2)C[C@@H]1CCO[C@]1(C)O3. The number of ether oxygens (including phenoxy) is 4. The third-order valence-electron chi connectivity index (χ3n) is 6.13. The van der Waals surface area contributed by atoms with E-state index < -0.39 is 11.6 Å². The van der Waals surface area contributed by atoms with Crippen LogP contribution >= 0.6 is 0 Å². The number of fused-ring (bicyclic) bond motifs is 5. The van der Waals surface area contributed by atoms with Crippen molar-refractivity contribution in [3.8, 4) is 17.2 Å². The average molecular weight is 318 g/mol. The molecule has 0 saturated carbocycles. The number of phenols is 1. The Labute approximate surface area is 135 Å². The second-order valence-electron chi connectivity index (χ2n) is 7.49. The Morgan fingerprint density at radius 1 is 0.957 bits per heavy atom. The lowest BCUT2D eigenvalue weighted by atomic mass is 9.82. The summed E-state index contributed by atoms with van der Waals surface area (Å²) >= 11 is 0. The summed E-state index contributed by atoms with van der Waals surface area (Å²) in [6, 6.07) is 1.74. The first-order chi connectivity index (χ1) is 11.0. The van der Waals surface area contributed by atoms with Crippen LogP contribution in [0.25, 0.3) is 0 Å². The van der Waals surface area contributed by atoms with Gasteiger partial charge in [0.15, 0.2) is 0 Å². The van der Waals surface area contributed by atoms with Crippen LogP contribution in [0.3, 0.4) is 0 Å². The highest BCUT2D eigenvalue weighted by Crippen LogP contribution is 2.54. The van der Waals surface area contributed by atoms with Crippen molar-refractivity contribution in [3.05, 3.63) is 17.2 Å². The highest BCUT2D eigenvalue weighted by Gasteiger charge is 2.51. The van der Waals surface area contributed by atoms with Gasteiger partial charge in [0.25, 0.3) is 0 Å². The molecule has 0 aromatic heterocycles. The summed E-state index contributed by atoms with van der Waals surface area (Å²) in [5.74, 6) is 1.16. The second-order valence-corrected chi connectivity index (χ2v) is 7.49. The zero-order valence-corrected chi connectivity index (χ0v) is 13.6. The molecule has 5 rings (SSSR count). The van der Waals surface area contributed by atoms with Gasteiger partial charge in [0.1, 0.15) is 17.2 Å². The Morgan fingerprint density at radius 3 is 2.26 bits per heavy atom. The quantitative estimate of drug-likeness (QED) is 0.797. The van der Waals surface area contributed by atoms with Gasteiger partial charge >= 0.3 is 0 Å². The third-order valence-corrected chi connectivity index (χ3v) is 6.13. The number of hydrogen-bond donors (Lipinski definition) is 1. The van der Waals surface area contributed by atoms with Gasteiger partial charge in [-0.05, 0) is 25.7 Å². The standard InChI is InChI=1S/C18H22O5/c1-17-11(4-5-20-17)8-13-15(22-17)9-14(19)12-7-10-3-6-21-18(10,2)23-16(12)13/h9-11,19H,3-8H2,1-2H3/t10-,11+,17-,18+/m1/s1. The lowest BCUT2D eigenvalue weighted by Crippen LogP contribution is -2.45. The van der Waals surface area contributed by atoms with Crippen LogP contribution in [0.4, 0.5) is 0 Å². The molecule has 0 spiro atoms. The molecule has 23 heavy (non-hydrogen) atoms. The topological polar surface area (TPSA) is 57.2 Å². The van der Waals surface area contributed by atoms with E-state index in [1.54, 1.807) is 6.07 Å². The maximum atomic E-state index is 10.5. The fraction of sp³-hybridized carbons (Fsp3) is 0.667. The van der Waals surface area contributed by atoms with Crippen molar-refractivity contribution < 1.29 is 24.1 Å². The van der Waals surface area contributed by atoms with E-state index in [9.17, 15) is 5.11 Å². The van der Waals surface area contributed by atoms with E-state index in [0.29, 0.717) is 30.8 Å². The van der Waals surface area contributed by atoms with Crippen molar-refractivity contribution in [2.75, 3.05) is 13.2 Å². The number of benzene rings is 1. The summed E-state index contributed by atoms with van der Waals surface area (Å²) in [6.07, 6.45) is 3.61. The normalized spacial score (nSPS) is 40.4. The van der Waals surface area contributed by atoms with Crippen LogP contribution in [-0.4, -0.2) is 29.9 Å². The van der Waals surface area contributed by atoms with E-state index in [-0.39, 0.29) is 5.75 Å². The van der Waals surface area contributed by atoms with Gasteiger partial charge in [-0.2, -0.15) is 0 Å². The summed E-state index contributed by atoms with van der Waals surface area (Å²) in [7, 11) is 0. The first-order valence-corrected chi connectivity index (χ1v) is 8.52. The van der Waals surface area contributed by atoms with Crippen LogP contribution in [0.5, 0.6) is 17.2 Å². The maximum absolute atomic E-state index is 10.5. The van der Waals surface area contributed by atoms with Crippen molar-refractivity contribution >= 4 is 0 Å². The van der Waals surface area contributed by atoms with Crippen LogP contribution in [0.1, 0.15) is 37.8 Å². The molecule has 1 aromatic rings. The fourth-order valence-corrected chi connectivity index (χ4v) is 4.60. The molecule has 4 aliphatic rings. The van der Waals surface area contributed by atoms with Crippen LogP contribution in [0, 0.1) is 11.8 Å². The lowest BCUT2D eigenvalue weighted by Gasteiger charge is -2.41. The number of aromatic hydroxyl groups is 1. The first kappa shape index (κ1) is 13.9. The van der Waals surface area contributed by atoms with E-state index in [0.717, 1.165) is 42.6 Å². The van der Waals surface area contributed by atoms with Gasteiger partial charge < -0.3 is 24.1 Å². The van der Waals surface area contributed by atoms with Gasteiger partial charge in [-0.25, -0.2) is 0 Å². The van der Waals surface area contributed by atoms with Crippen molar-refractivity contribution in [2.24, 2.45) is 11.8 Å². The molecule has 4 atom stereocenters. The molecule has 5 heteroatoms. The molecule has 0 bridgehead atoms. The van der Waals surface area contributed by atoms with Crippen LogP contribution in [-0.2, 0) is 22.3 Å². The summed E-state index contributed by atoms with van der Waals surface area (Å²) in [5, 5.41) is 10.5. The largest absolute Gasteiger partial charge is 0.507 e.